The van der Waals surface area contributed by atoms with Gasteiger partial charge in [0.05, 0.1) is 12.7 Å². The number of aromatic nitrogens is 2. The fraction of sp³-hybridized carbons (Fsp3) is 0.308. The van der Waals surface area contributed by atoms with E-state index in [0.717, 1.165) is 0 Å². The number of methoxy groups -OCH3 is 1. The third kappa shape index (κ3) is 3.25. The maximum atomic E-state index is 11.7. The van der Waals surface area contributed by atoms with Crippen LogP contribution in [-0.2, 0) is 11.2 Å². The van der Waals surface area contributed by atoms with Crippen LogP contribution in [0, 0.1) is 6.92 Å². The smallest absolute Gasteiger partial charge is 0.340 e. The summed E-state index contributed by atoms with van der Waals surface area (Å²) in [5.74, 6) is 0.709. The first-order valence-corrected chi connectivity index (χ1v) is 6.11. The lowest BCUT2D eigenvalue weighted by Crippen LogP contribution is -2.11. The Morgan fingerprint density at radius 2 is 2.30 bits per heavy atom. The molecule has 20 heavy (non-hydrogen) atoms. The van der Waals surface area contributed by atoms with Crippen molar-refractivity contribution in [3.05, 3.63) is 35.5 Å². The number of benzene rings is 1. The first-order valence-electron chi connectivity index (χ1n) is 6.11. The summed E-state index contributed by atoms with van der Waals surface area (Å²) in [7, 11) is 1.33. The number of carbonyl (C=O) groups is 1. The molecule has 0 bridgehead atoms. The molecule has 0 aliphatic heterocycles. The van der Waals surface area contributed by atoms with E-state index in [1.54, 1.807) is 25.1 Å². The van der Waals surface area contributed by atoms with Crippen LogP contribution in [0.15, 0.2) is 22.7 Å². The van der Waals surface area contributed by atoms with E-state index in [1.807, 2.05) is 0 Å². The standard InChI is InChI=1S/C13H16N4O3/c1-8-16-12(20-17-8)5-6-15-11-4-3-9(14)7-10(11)13(18)19-2/h3-4,7,15H,5-6,14H2,1-2H3. The first kappa shape index (κ1) is 13.9. The van der Waals surface area contributed by atoms with Gasteiger partial charge in [0.25, 0.3) is 0 Å². The highest BCUT2D eigenvalue weighted by molar-refractivity contribution is 5.96. The second-order valence-electron chi connectivity index (χ2n) is 4.21. The van der Waals surface area contributed by atoms with Gasteiger partial charge >= 0.3 is 5.97 Å². The number of nitrogen functional groups attached to an aromatic ring is 1. The summed E-state index contributed by atoms with van der Waals surface area (Å²) in [6.07, 6.45) is 0.561. The number of aryl methyl sites for hydroxylation is 1. The van der Waals surface area contributed by atoms with Crippen molar-refractivity contribution in [2.75, 3.05) is 24.7 Å². The average molecular weight is 276 g/mol. The van der Waals surface area contributed by atoms with Crippen molar-refractivity contribution >= 4 is 17.3 Å². The SMILES string of the molecule is COC(=O)c1cc(N)ccc1NCCc1nc(C)no1. The lowest BCUT2D eigenvalue weighted by atomic mass is 10.1. The van der Waals surface area contributed by atoms with E-state index < -0.39 is 5.97 Å². The summed E-state index contributed by atoms with van der Waals surface area (Å²) < 4.78 is 9.73. The van der Waals surface area contributed by atoms with Gasteiger partial charge in [-0.15, -0.1) is 0 Å². The van der Waals surface area contributed by atoms with Crippen molar-refractivity contribution in [2.45, 2.75) is 13.3 Å². The third-order valence-corrected chi connectivity index (χ3v) is 2.67. The van der Waals surface area contributed by atoms with E-state index in [9.17, 15) is 4.79 Å². The molecular weight excluding hydrogens is 260 g/mol. The van der Waals surface area contributed by atoms with E-state index in [2.05, 4.69) is 15.5 Å². The normalized spacial score (nSPS) is 10.3. The van der Waals surface area contributed by atoms with Crippen molar-refractivity contribution in [3.8, 4) is 0 Å². The molecule has 0 aliphatic rings. The second kappa shape index (κ2) is 6.05. The number of hydrogen-bond acceptors (Lipinski definition) is 7. The highest BCUT2D eigenvalue weighted by Crippen LogP contribution is 2.19. The van der Waals surface area contributed by atoms with Gasteiger partial charge in [0.15, 0.2) is 5.82 Å². The zero-order valence-corrected chi connectivity index (χ0v) is 11.3. The van der Waals surface area contributed by atoms with Gasteiger partial charge in [-0.2, -0.15) is 4.98 Å². The van der Waals surface area contributed by atoms with Crippen LogP contribution >= 0.6 is 0 Å². The number of esters is 1. The molecule has 0 amide bonds. The van der Waals surface area contributed by atoms with E-state index in [0.29, 0.717) is 41.6 Å². The quantitative estimate of drug-likeness (QED) is 0.628. The van der Waals surface area contributed by atoms with Gasteiger partial charge in [0, 0.05) is 24.3 Å². The minimum absolute atomic E-state index is 0.397. The molecule has 106 valence electrons. The van der Waals surface area contributed by atoms with Crippen molar-refractivity contribution in [2.24, 2.45) is 0 Å². The molecule has 1 aromatic heterocycles. The Balaban J connectivity index is 2.03. The summed E-state index contributed by atoms with van der Waals surface area (Å²) in [6, 6.07) is 5.03. The van der Waals surface area contributed by atoms with Crippen molar-refractivity contribution in [1.82, 2.24) is 10.1 Å². The Bertz CT molecular complexity index is 609. The van der Waals surface area contributed by atoms with E-state index in [1.165, 1.54) is 7.11 Å². The lowest BCUT2D eigenvalue weighted by molar-refractivity contribution is 0.0602. The third-order valence-electron chi connectivity index (χ3n) is 2.67. The number of rotatable bonds is 5. The number of nitrogens with one attached hydrogen (secondary N) is 1. The van der Waals surface area contributed by atoms with Gasteiger partial charge in [0.1, 0.15) is 0 Å². The fourth-order valence-electron chi connectivity index (χ4n) is 1.74. The van der Waals surface area contributed by atoms with E-state index in [-0.39, 0.29) is 0 Å². The Hall–Kier alpha value is -2.57. The van der Waals surface area contributed by atoms with E-state index >= 15 is 0 Å². The van der Waals surface area contributed by atoms with Crippen LogP contribution in [0.25, 0.3) is 0 Å². The highest BCUT2D eigenvalue weighted by Gasteiger charge is 2.12. The summed E-state index contributed by atoms with van der Waals surface area (Å²) in [5.41, 5.74) is 7.23. The molecule has 7 heteroatoms. The molecule has 2 aromatic rings. The van der Waals surface area contributed by atoms with Gasteiger partial charge in [-0.1, -0.05) is 5.16 Å². The topological polar surface area (TPSA) is 103 Å². The molecule has 1 aromatic carbocycles. The Morgan fingerprint density at radius 1 is 1.50 bits per heavy atom. The van der Waals surface area contributed by atoms with Crippen molar-refractivity contribution in [3.63, 3.8) is 0 Å². The van der Waals surface area contributed by atoms with Crippen LogP contribution < -0.4 is 11.1 Å². The number of carbonyl (C=O) groups excluding carboxylic acids is 1. The minimum Gasteiger partial charge on any atom is -0.465 e. The minimum atomic E-state index is -0.437. The molecule has 7 nitrogen and oxygen atoms in total. The van der Waals surface area contributed by atoms with Crippen LogP contribution in [0.3, 0.4) is 0 Å². The van der Waals surface area contributed by atoms with Crippen LogP contribution in [0.2, 0.25) is 0 Å². The summed E-state index contributed by atoms with van der Waals surface area (Å²) >= 11 is 0. The number of anilines is 2. The second-order valence-corrected chi connectivity index (χ2v) is 4.21. The van der Waals surface area contributed by atoms with Crippen LogP contribution in [-0.4, -0.2) is 29.8 Å². The van der Waals surface area contributed by atoms with Gasteiger partial charge in [0.2, 0.25) is 5.89 Å². The Morgan fingerprint density at radius 3 is 2.95 bits per heavy atom. The monoisotopic (exact) mass is 276 g/mol. The molecule has 0 saturated heterocycles. The number of hydrogen-bond donors (Lipinski definition) is 2. The molecular formula is C13H16N4O3. The zero-order chi connectivity index (χ0) is 14.5. The molecule has 0 atom stereocenters. The molecule has 3 N–H and O–H groups in total. The maximum Gasteiger partial charge on any atom is 0.340 e. The van der Waals surface area contributed by atoms with Crippen LogP contribution in [0.5, 0.6) is 0 Å². The van der Waals surface area contributed by atoms with Gasteiger partial charge < -0.3 is 20.3 Å². The molecule has 0 fully saturated rings. The average Bonchev–Trinajstić information content (AvgIpc) is 2.85. The molecule has 1 heterocycles. The summed E-state index contributed by atoms with van der Waals surface area (Å²) in [5, 5.41) is 6.84. The molecule has 0 aliphatic carbocycles. The number of ether oxygens (including phenoxy) is 1. The predicted molar refractivity (Wildman–Crippen MR) is 73.4 cm³/mol. The Kier molecular flexibility index (Phi) is 4.19. The molecule has 0 unspecified atom stereocenters. The number of nitrogens with two attached hydrogens (primary N) is 1. The predicted octanol–water partition coefficient (Wildman–Crippen LogP) is 1.40. The summed E-state index contributed by atoms with van der Waals surface area (Å²) in [4.78, 5) is 15.8. The van der Waals surface area contributed by atoms with Gasteiger partial charge in [-0.25, -0.2) is 4.79 Å². The Labute approximate surface area is 116 Å². The molecule has 2 rings (SSSR count). The molecule has 0 saturated carbocycles. The van der Waals surface area contributed by atoms with Crippen molar-refractivity contribution in [1.29, 1.82) is 0 Å². The molecule has 0 spiro atoms. The van der Waals surface area contributed by atoms with Crippen LogP contribution in [0.4, 0.5) is 11.4 Å². The fourth-order valence-corrected chi connectivity index (χ4v) is 1.74. The first-order chi connectivity index (χ1) is 9.60. The number of nitrogens with zero attached hydrogens (tertiary/aromatic N) is 2. The zero-order valence-electron chi connectivity index (χ0n) is 11.3. The molecule has 0 radical (unpaired) electrons. The highest BCUT2D eigenvalue weighted by atomic mass is 16.5. The summed E-state index contributed by atoms with van der Waals surface area (Å²) in [6.45, 7) is 2.31. The largest absolute Gasteiger partial charge is 0.465 e. The lowest BCUT2D eigenvalue weighted by Gasteiger charge is -2.10. The maximum absolute atomic E-state index is 11.7. The van der Waals surface area contributed by atoms with Gasteiger partial charge in [-0.3, -0.25) is 0 Å². The van der Waals surface area contributed by atoms with Gasteiger partial charge in [-0.05, 0) is 25.1 Å². The van der Waals surface area contributed by atoms with E-state index in [4.69, 9.17) is 15.0 Å². The van der Waals surface area contributed by atoms with Crippen molar-refractivity contribution < 1.29 is 14.1 Å². The van der Waals surface area contributed by atoms with Crippen LogP contribution in [0.1, 0.15) is 22.1 Å².